The average molecular weight is 447 g/mol. The van der Waals surface area contributed by atoms with Crippen LogP contribution in [0.25, 0.3) is 0 Å². The van der Waals surface area contributed by atoms with Crippen LogP contribution in [0.2, 0.25) is 0 Å². The summed E-state index contributed by atoms with van der Waals surface area (Å²) in [6.45, 7) is 7.76. The Kier molecular flexibility index (Phi) is 6.72. The van der Waals surface area contributed by atoms with Crippen LogP contribution < -0.4 is 20.7 Å². The van der Waals surface area contributed by atoms with E-state index in [0.717, 1.165) is 30.6 Å². The molecule has 0 bridgehead atoms. The van der Waals surface area contributed by atoms with Crippen LogP contribution >= 0.6 is 0 Å². The van der Waals surface area contributed by atoms with Gasteiger partial charge >= 0.3 is 0 Å². The van der Waals surface area contributed by atoms with Crippen molar-refractivity contribution in [2.75, 3.05) is 29.0 Å². The number of rotatable bonds is 8. The van der Waals surface area contributed by atoms with E-state index in [0.29, 0.717) is 30.5 Å². The van der Waals surface area contributed by atoms with Crippen molar-refractivity contribution in [3.05, 3.63) is 64.5 Å². The number of aryl methyl sites for hydroxylation is 3. The molecule has 2 heterocycles. The molecule has 1 aromatic heterocycles. The Balaban J connectivity index is 1.39. The molecule has 1 amide bonds. The van der Waals surface area contributed by atoms with Crippen LogP contribution in [0.4, 0.5) is 17.6 Å². The van der Waals surface area contributed by atoms with Gasteiger partial charge in [-0.25, -0.2) is 0 Å². The van der Waals surface area contributed by atoms with Crippen molar-refractivity contribution in [2.45, 2.75) is 46.6 Å². The fourth-order valence-corrected chi connectivity index (χ4v) is 4.05. The number of benzene rings is 2. The highest BCUT2D eigenvalue weighted by Crippen LogP contribution is 2.27. The zero-order valence-corrected chi connectivity index (χ0v) is 19.4. The lowest BCUT2D eigenvalue weighted by Gasteiger charge is -2.18. The summed E-state index contributed by atoms with van der Waals surface area (Å²) in [5.41, 5.74) is 11.6. The highest BCUT2D eigenvalue weighted by Gasteiger charge is 2.22. The number of hydrogen-bond donors (Lipinski definition) is 2. The number of nitrogens with two attached hydrogens (primary N) is 1. The minimum atomic E-state index is 0.144. The Morgan fingerprint density at radius 3 is 2.67 bits per heavy atom. The summed E-state index contributed by atoms with van der Waals surface area (Å²) in [5, 5.41) is 3.23. The maximum atomic E-state index is 12.1. The van der Waals surface area contributed by atoms with Gasteiger partial charge in [-0.3, -0.25) is 4.79 Å². The lowest BCUT2D eigenvalue weighted by Crippen LogP contribution is -2.23. The van der Waals surface area contributed by atoms with E-state index in [9.17, 15) is 4.79 Å². The average Bonchev–Trinajstić information content (AvgIpc) is 3.19. The van der Waals surface area contributed by atoms with Gasteiger partial charge in [0.15, 0.2) is 5.82 Å². The summed E-state index contributed by atoms with van der Waals surface area (Å²) in [4.78, 5) is 26.7. The molecular formula is C25H30N6O2. The van der Waals surface area contributed by atoms with Crippen LogP contribution in [0.15, 0.2) is 36.4 Å². The molecule has 0 saturated carbocycles. The van der Waals surface area contributed by atoms with Gasteiger partial charge in [0.25, 0.3) is 0 Å². The highest BCUT2D eigenvalue weighted by molar-refractivity contribution is 5.95. The van der Waals surface area contributed by atoms with Crippen molar-refractivity contribution in [3.63, 3.8) is 0 Å². The van der Waals surface area contributed by atoms with Gasteiger partial charge in [-0.2, -0.15) is 15.0 Å². The Hall–Kier alpha value is -3.68. The second-order valence-corrected chi connectivity index (χ2v) is 8.48. The predicted molar refractivity (Wildman–Crippen MR) is 129 cm³/mol. The molecule has 0 unspecified atom stereocenters. The van der Waals surface area contributed by atoms with E-state index in [2.05, 4.69) is 52.3 Å². The number of carbonyl (C=O) groups excluding carboxylic acids is 1. The number of carbonyl (C=O) groups is 1. The first-order valence-corrected chi connectivity index (χ1v) is 11.2. The topological polar surface area (TPSA) is 106 Å². The van der Waals surface area contributed by atoms with Crippen molar-refractivity contribution in [1.29, 1.82) is 0 Å². The minimum absolute atomic E-state index is 0.144. The van der Waals surface area contributed by atoms with Crippen LogP contribution in [0.1, 0.15) is 40.9 Å². The first kappa shape index (κ1) is 22.5. The third kappa shape index (κ3) is 5.77. The maximum absolute atomic E-state index is 12.1. The highest BCUT2D eigenvalue weighted by atomic mass is 16.5. The van der Waals surface area contributed by atoms with Crippen LogP contribution in [0, 0.1) is 20.8 Å². The molecule has 0 radical (unpaired) electrons. The smallest absolute Gasteiger partial charge is 0.227 e. The third-order valence-electron chi connectivity index (χ3n) is 5.66. The van der Waals surface area contributed by atoms with E-state index in [1.807, 2.05) is 25.1 Å². The van der Waals surface area contributed by atoms with Gasteiger partial charge in [-0.1, -0.05) is 23.8 Å². The number of aromatic nitrogens is 3. The molecule has 8 heteroatoms. The first-order valence-electron chi connectivity index (χ1n) is 11.2. The van der Waals surface area contributed by atoms with Gasteiger partial charge in [0.1, 0.15) is 12.4 Å². The van der Waals surface area contributed by atoms with Crippen LogP contribution in [-0.2, 0) is 17.8 Å². The molecule has 3 N–H and O–H groups in total. The Labute approximate surface area is 194 Å². The zero-order valence-electron chi connectivity index (χ0n) is 19.4. The van der Waals surface area contributed by atoms with Gasteiger partial charge in [-0.05, 0) is 62.4 Å². The second kappa shape index (κ2) is 9.85. The molecular weight excluding hydrogens is 416 g/mol. The molecule has 1 aliphatic rings. The van der Waals surface area contributed by atoms with E-state index >= 15 is 0 Å². The number of amides is 1. The number of hydrogen-bond acceptors (Lipinski definition) is 7. The van der Waals surface area contributed by atoms with Crippen LogP contribution in [0.3, 0.4) is 0 Å². The predicted octanol–water partition coefficient (Wildman–Crippen LogP) is 3.74. The van der Waals surface area contributed by atoms with Gasteiger partial charge in [-0.15, -0.1) is 0 Å². The lowest BCUT2D eigenvalue weighted by molar-refractivity contribution is -0.117. The molecule has 0 spiro atoms. The second-order valence-electron chi connectivity index (χ2n) is 8.48. The van der Waals surface area contributed by atoms with Crippen molar-refractivity contribution in [3.8, 4) is 5.75 Å². The van der Waals surface area contributed by atoms with Gasteiger partial charge in [0, 0.05) is 31.3 Å². The van der Waals surface area contributed by atoms with Gasteiger partial charge in [0.05, 0.1) is 0 Å². The fraction of sp³-hybridized carbons (Fsp3) is 0.360. The largest absolute Gasteiger partial charge is 0.486 e. The number of anilines is 3. The number of nitrogen functional groups attached to an aromatic ring is 1. The molecule has 1 aliphatic heterocycles. The fourth-order valence-electron chi connectivity index (χ4n) is 4.05. The molecule has 4 rings (SSSR count). The molecule has 3 aromatic rings. The molecule has 33 heavy (non-hydrogen) atoms. The summed E-state index contributed by atoms with van der Waals surface area (Å²) in [5.74, 6) is 1.82. The normalized spacial score (nSPS) is 13.4. The van der Waals surface area contributed by atoms with E-state index in [-0.39, 0.29) is 18.5 Å². The van der Waals surface area contributed by atoms with Gasteiger partial charge < -0.3 is 20.7 Å². The van der Waals surface area contributed by atoms with Crippen LogP contribution in [0.5, 0.6) is 5.75 Å². The zero-order chi connectivity index (χ0) is 23.4. The Bertz CT molecular complexity index is 1160. The summed E-state index contributed by atoms with van der Waals surface area (Å²) in [7, 11) is 0. The van der Waals surface area contributed by atoms with E-state index < -0.39 is 0 Å². The molecule has 172 valence electrons. The van der Waals surface area contributed by atoms with Crippen molar-refractivity contribution in [1.82, 2.24) is 15.0 Å². The monoisotopic (exact) mass is 446 g/mol. The Morgan fingerprint density at radius 1 is 1.06 bits per heavy atom. The summed E-state index contributed by atoms with van der Waals surface area (Å²) < 4.78 is 5.94. The SMILES string of the molecule is Cc1cc(OCc2nc(N)nc(NCCc3ccc(C)cc3C)n2)cc(N2CCCC2=O)c1. The first-order chi connectivity index (χ1) is 15.9. The maximum Gasteiger partial charge on any atom is 0.227 e. The summed E-state index contributed by atoms with van der Waals surface area (Å²) in [6, 6.07) is 12.3. The number of nitrogens with one attached hydrogen (secondary N) is 1. The molecule has 0 atom stereocenters. The molecule has 0 aliphatic carbocycles. The van der Waals surface area contributed by atoms with Crippen molar-refractivity contribution in [2.24, 2.45) is 0 Å². The number of nitrogens with zero attached hydrogens (tertiary/aromatic N) is 4. The van der Waals surface area contributed by atoms with Crippen molar-refractivity contribution < 1.29 is 9.53 Å². The van der Waals surface area contributed by atoms with E-state index in [1.165, 1.54) is 16.7 Å². The molecule has 8 nitrogen and oxygen atoms in total. The Morgan fingerprint density at radius 2 is 1.91 bits per heavy atom. The van der Waals surface area contributed by atoms with Gasteiger partial charge in [0.2, 0.25) is 17.8 Å². The van der Waals surface area contributed by atoms with Crippen LogP contribution in [-0.4, -0.2) is 33.9 Å². The summed E-state index contributed by atoms with van der Waals surface area (Å²) in [6.07, 6.45) is 2.32. The standard InChI is InChI=1S/C25H30N6O2/c1-16-6-7-19(18(3)11-16)8-9-27-25-29-22(28-24(26)30-25)15-33-21-13-17(2)12-20(14-21)31-10-4-5-23(31)32/h6-7,11-14H,4-5,8-10,15H2,1-3H3,(H3,26,27,28,29,30). The summed E-state index contributed by atoms with van der Waals surface area (Å²) >= 11 is 0. The lowest BCUT2D eigenvalue weighted by atomic mass is 10.0. The molecule has 1 saturated heterocycles. The minimum Gasteiger partial charge on any atom is -0.486 e. The van der Waals surface area contributed by atoms with Crippen molar-refractivity contribution >= 4 is 23.5 Å². The molecule has 1 fully saturated rings. The third-order valence-corrected chi connectivity index (χ3v) is 5.66. The molecule has 2 aromatic carbocycles. The quantitative estimate of drug-likeness (QED) is 0.543. The van der Waals surface area contributed by atoms with E-state index in [4.69, 9.17) is 10.5 Å². The van der Waals surface area contributed by atoms with E-state index in [1.54, 1.807) is 4.90 Å². The number of ether oxygens (including phenoxy) is 1.